The molecule has 0 radical (unpaired) electrons. The molecule has 0 spiro atoms. The van der Waals surface area contributed by atoms with Crippen LogP contribution in [0.1, 0.15) is 24.8 Å². The Balaban J connectivity index is 2.39. The lowest BCUT2D eigenvalue weighted by atomic mass is 10.2. The van der Waals surface area contributed by atoms with Crippen LogP contribution in [0.25, 0.3) is 0 Å². The van der Waals surface area contributed by atoms with Crippen molar-refractivity contribution in [2.45, 2.75) is 25.8 Å². The molecule has 0 amide bonds. The number of alkyl halides is 1. The van der Waals surface area contributed by atoms with Gasteiger partial charge in [0, 0.05) is 11.9 Å². The number of rotatable bonds is 7. The quantitative estimate of drug-likeness (QED) is 0.528. The van der Waals surface area contributed by atoms with Gasteiger partial charge in [-0.05, 0) is 38.1 Å². The number of nitrogens with zero attached hydrogens (tertiary/aromatic N) is 1. The largest absolute Gasteiger partial charge is 0.302 e. The highest BCUT2D eigenvalue weighted by atomic mass is 79.9. The molecule has 4 heteroatoms. The van der Waals surface area contributed by atoms with Gasteiger partial charge in [-0.15, -0.1) is 0 Å². The highest BCUT2D eigenvalue weighted by Gasteiger charge is 2.07. The van der Waals surface area contributed by atoms with Gasteiger partial charge in [-0.2, -0.15) is 0 Å². The van der Waals surface area contributed by atoms with Crippen molar-refractivity contribution in [3.63, 3.8) is 0 Å². The molecule has 0 aliphatic carbocycles. The molecule has 17 heavy (non-hydrogen) atoms. The number of benzene rings is 1. The molecule has 1 rings (SSSR count). The minimum atomic E-state index is -0.336. The molecule has 1 nitrogen and oxygen atoms in total. The topological polar surface area (TPSA) is 3.24 Å². The van der Waals surface area contributed by atoms with Gasteiger partial charge in [-0.3, -0.25) is 0 Å². The van der Waals surface area contributed by atoms with Crippen molar-refractivity contribution < 1.29 is 4.39 Å². The summed E-state index contributed by atoms with van der Waals surface area (Å²) in [6.07, 6.45) is 3.58. The molecular weight excluding hydrogens is 305 g/mol. The van der Waals surface area contributed by atoms with E-state index in [0.29, 0.717) is 6.54 Å². The number of unbranched alkanes of at least 4 members (excludes halogenated alkanes) is 2. The normalized spacial score (nSPS) is 11.1. The highest BCUT2D eigenvalue weighted by molar-refractivity contribution is 9.09. The van der Waals surface area contributed by atoms with E-state index in [1.165, 1.54) is 18.9 Å². The Hall–Kier alpha value is -0.120. The molecule has 0 aromatic heterocycles. The zero-order valence-electron chi connectivity index (χ0n) is 10.1. The van der Waals surface area contributed by atoms with E-state index in [0.717, 1.165) is 23.9 Å². The van der Waals surface area contributed by atoms with Gasteiger partial charge in [-0.25, -0.2) is 4.39 Å². The fourth-order valence-electron chi connectivity index (χ4n) is 1.69. The minimum absolute atomic E-state index is 0.250. The van der Waals surface area contributed by atoms with Crippen LogP contribution in [0.4, 0.5) is 4.39 Å². The number of hydrogen-bond donors (Lipinski definition) is 0. The van der Waals surface area contributed by atoms with Crippen molar-refractivity contribution in [1.82, 2.24) is 4.90 Å². The van der Waals surface area contributed by atoms with Gasteiger partial charge in [-0.1, -0.05) is 46.1 Å². The number of halogens is 3. The molecule has 0 bridgehead atoms. The van der Waals surface area contributed by atoms with Gasteiger partial charge in [0.15, 0.2) is 0 Å². The summed E-state index contributed by atoms with van der Waals surface area (Å²) in [4.78, 5) is 2.18. The van der Waals surface area contributed by atoms with Crippen LogP contribution in [0.2, 0.25) is 5.02 Å². The van der Waals surface area contributed by atoms with Crippen LogP contribution in [0.15, 0.2) is 18.2 Å². The molecule has 0 N–H and O–H groups in total. The first-order chi connectivity index (χ1) is 8.15. The molecule has 0 atom stereocenters. The van der Waals surface area contributed by atoms with Gasteiger partial charge >= 0.3 is 0 Å². The Kier molecular flexibility index (Phi) is 7.09. The van der Waals surface area contributed by atoms with Crippen LogP contribution < -0.4 is 0 Å². The lowest BCUT2D eigenvalue weighted by Crippen LogP contribution is -2.19. The second-order valence-electron chi connectivity index (χ2n) is 4.20. The number of hydrogen-bond acceptors (Lipinski definition) is 1. The Morgan fingerprint density at radius 1 is 1.29 bits per heavy atom. The standard InChI is InChI=1S/C13H18BrClFN/c1-17(9-4-2-3-8-14)10-11-6-5-7-12(16)13(11)15/h5-7H,2-4,8-10H2,1H3. The fourth-order valence-corrected chi connectivity index (χ4v) is 2.28. The van der Waals surface area contributed by atoms with Crippen LogP contribution in [-0.2, 0) is 6.54 Å². The van der Waals surface area contributed by atoms with E-state index in [2.05, 4.69) is 20.8 Å². The molecule has 0 unspecified atom stereocenters. The van der Waals surface area contributed by atoms with Crippen molar-refractivity contribution in [2.24, 2.45) is 0 Å². The molecule has 1 aromatic rings. The van der Waals surface area contributed by atoms with Gasteiger partial charge in [0.05, 0.1) is 5.02 Å². The Morgan fingerprint density at radius 2 is 2.06 bits per heavy atom. The molecule has 0 heterocycles. The van der Waals surface area contributed by atoms with Gasteiger partial charge < -0.3 is 4.90 Å². The molecule has 0 fully saturated rings. The smallest absolute Gasteiger partial charge is 0.142 e. The molecule has 96 valence electrons. The lowest BCUT2D eigenvalue weighted by Gasteiger charge is -2.17. The first-order valence-electron chi connectivity index (χ1n) is 5.82. The SMILES string of the molecule is CN(CCCCCBr)Cc1cccc(F)c1Cl. The summed E-state index contributed by atoms with van der Waals surface area (Å²) in [6, 6.07) is 4.97. The van der Waals surface area contributed by atoms with E-state index in [1.54, 1.807) is 6.07 Å². The summed E-state index contributed by atoms with van der Waals surface area (Å²) in [5.74, 6) is -0.336. The van der Waals surface area contributed by atoms with Crippen molar-refractivity contribution in [3.8, 4) is 0 Å². The first kappa shape index (κ1) is 14.9. The van der Waals surface area contributed by atoms with Crippen LogP contribution in [0.5, 0.6) is 0 Å². The molecule has 1 aromatic carbocycles. The Labute approximate surface area is 116 Å². The van der Waals surface area contributed by atoms with Crippen molar-refractivity contribution in [1.29, 1.82) is 0 Å². The third-order valence-electron chi connectivity index (χ3n) is 2.65. The van der Waals surface area contributed by atoms with Crippen LogP contribution in [-0.4, -0.2) is 23.8 Å². The first-order valence-corrected chi connectivity index (χ1v) is 7.32. The summed E-state index contributed by atoms with van der Waals surface area (Å²) in [7, 11) is 2.04. The van der Waals surface area contributed by atoms with E-state index < -0.39 is 0 Å². The third-order valence-corrected chi connectivity index (χ3v) is 3.63. The summed E-state index contributed by atoms with van der Waals surface area (Å²) in [5.41, 5.74) is 0.856. The summed E-state index contributed by atoms with van der Waals surface area (Å²) in [6.45, 7) is 1.71. The Morgan fingerprint density at radius 3 is 2.76 bits per heavy atom. The second kappa shape index (κ2) is 8.06. The lowest BCUT2D eigenvalue weighted by molar-refractivity contribution is 0.318. The van der Waals surface area contributed by atoms with E-state index >= 15 is 0 Å². The monoisotopic (exact) mass is 321 g/mol. The molecule has 0 aliphatic heterocycles. The zero-order chi connectivity index (χ0) is 12.7. The maximum absolute atomic E-state index is 13.2. The molecule has 0 aliphatic rings. The highest BCUT2D eigenvalue weighted by Crippen LogP contribution is 2.20. The predicted octanol–water partition coefficient (Wildman–Crippen LogP) is 4.48. The van der Waals surface area contributed by atoms with Crippen LogP contribution in [0.3, 0.4) is 0 Å². The minimum Gasteiger partial charge on any atom is -0.302 e. The van der Waals surface area contributed by atoms with Gasteiger partial charge in [0.1, 0.15) is 5.82 Å². The maximum Gasteiger partial charge on any atom is 0.142 e. The average Bonchev–Trinajstić information content (AvgIpc) is 2.31. The maximum atomic E-state index is 13.2. The van der Waals surface area contributed by atoms with E-state index in [-0.39, 0.29) is 10.8 Å². The summed E-state index contributed by atoms with van der Waals surface area (Å²) >= 11 is 9.33. The Bertz CT molecular complexity index is 346. The van der Waals surface area contributed by atoms with E-state index in [1.807, 2.05) is 13.1 Å². The van der Waals surface area contributed by atoms with E-state index in [9.17, 15) is 4.39 Å². The van der Waals surface area contributed by atoms with E-state index in [4.69, 9.17) is 11.6 Å². The predicted molar refractivity (Wildman–Crippen MR) is 75.4 cm³/mol. The molecule has 0 saturated carbocycles. The molecular formula is C13H18BrClFN. The van der Waals surface area contributed by atoms with Crippen molar-refractivity contribution in [3.05, 3.63) is 34.6 Å². The van der Waals surface area contributed by atoms with Crippen LogP contribution in [0, 0.1) is 5.82 Å². The average molecular weight is 323 g/mol. The second-order valence-corrected chi connectivity index (χ2v) is 5.37. The summed E-state index contributed by atoms with van der Waals surface area (Å²) < 4.78 is 13.2. The van der Waals surface area contributed by atoms with Crippen LogP contribution >= 0.6 is 27.5 Å². The third kappa shape index (κ3) is 5.36. The molecule has 0 saturated heterocycles. The zero-order valence-corrected chi connectivity index (χ0v) is 12.4. The fraction of sp³-hybridized carbons (Fsp3) is 0.538. The van der Waals surface area contributed by atoms with Crippen molar-refractivity contribution in [2.75, 3.05) is 18.9 Å². The summed E-state index contributed by atoms with van der Waals surface area (Å²) in [5, 5.41) is 1.31. The van der Waals surface area contributed by atoms with Gasteiger partial charge in [0.25, 0.3) is 0 Å². The van der Waals surface area contributed by atoms with Gasteiger partial charge in [0.2, 0.25) is 0 Å². The van der Waals surface area contributed by atoms with Crippen molar-refractivity contribution >= 4 is 27.5 Å².